The van der Waals surface area contributed by atoms with Gasteiger partial charge in [-0.2, -0.15) is 0 Å². The number of aryl methyl sites for hydroxylation is 1. The van der Waals surface area contributed by atoms with Crippen molar-refractivity contribution in [1.82, 2.24) is 15.2 Å². The van der Waals surface area contributed by atoms with Gasteiger partial charge in [-0.05, 0) is 27.9 Å². The summed E-state index contributed by atoms with van der Waals surface area (Å²) in [7, 11) is 3.75. The number of nitrogens with one attached hydrogen (secondary N) is 1. The van der Waals surface area contributed by atoms with Crippen molar-refractivity contribution in [2.75, 3.05) is 27.2 Å². The number of aromatic nitrogens is 1. The van der Waals surface area contributed by atoms with Crippen LogP contribution < -0.4 is 5.32 Å². The highest BCUT2D eigenvalue weighted by molar-refractivity contribution is 7.09. The van der Waals surface area contributed by atoms with Crippen LogP contribution in [0.2, 0.25) is 0 Å². The number of rotatable bonds is 5. The first-order valence-electron chi connectivity index (χ1n) is 5.37. The summed E-state index contributed by atoms with van der Waals surface area (Å²) in [6.07, 6.45) is 0. The van der Waals surface area contributed by atoms with Gasteiger partial charge in [0, 0.05) is 18.5 Å². The maximum Gasteiger partial charge on any atom is 0.270 e. The van der Waals surface area contributed by atoms with Crippen molar-refractivity contribution >= 4 is 17.2 Å². The Morgan fingerprint density at radius 1 is 1.65 bits per heavy atom. The zero-order valence-electron chi connectivity index (χ0n) is 10.6. The molecule has 17 heavy (non-hydrogen) atoms. The van der Waals surface area contributed by atoms with Gasteiger partial charge in [0.25, 0.3) is 5.91 Å². The lowest BCUT2D eigenvalue weighted by atomic mass is 10.1. The van der Waals surface area contributed by atoms with E-state index in [1.165, 1.54) is 11.3 Å². The van der Waals surface area contributed by atoms with E-state index >= 15 is 0 Å². The second-order valence-electron chi connectivity index (χ2n) is 4.67. The van der Waals surface area contributed by atoms with Crippen LogP contribution in [0.4, 0.5) is 0 Å². The van der Waals surface area contributed by atoms with Crippen LogP contribution >= 0.6 is 11.3 Å². The highest BCUT2D eigenvalue weighted by Gasteiger charge is 2.22. The summed E-state index contributed by atoms with van der Waals surface area (Å²) >= 11 is 1.43. The van der Waals surface area contributed by atoms with Gasteiger partial charge in [-0.3, -0.25) is 4.79 Å². The van der Waals surface area contributed by atoms with E-state index in [0.29, 0.717) is 12.2 Å². The van der Waals surface area contributed by atoms with E-state index in [1.807, 2.05) is 25.9 Å². The predicted octanol–water partition coefficient (Wildman–Crippen LogP) is 0.494. The zero-order valence-corrected chi connectivity index (χ0v) is 11.5. The number of nitrogens with zero attached hydrogens (tertiary/aromatic N) is 2. The number of likely N-dealkylation sites (N-methyl/N-ethyl adjacent to an activating group) is 1. The average Bonchev–Trinajstić information content (AvgIpc) is 2.59. The first-order valence-corrected chi connectivity index (χ1v) is 6.25. The maximum atomic E-state index is 11.7. The van der Waals surface area contributed by atoms with Gasteiger partial charge in [0.15, 0.2) is 0 Å². The largest absolute Gasteiger partial charge is 0.387 e. The summed E-state index contributed by atoms with van der Waals surface area (Å²) in [5.74, 6) is -0.242. The van der Waals surface area contributed by atoms with Crippen molar-refractivity contribution in [1.29, 1.82) is 0 Å². The fraction of sp³-hybridized carbons (Fsp3) is 0.636. The number of carbonyl (C=O) groups excluding carboxylic acids is 1. The topological polar surface area (TPSA) is 65.5 Å². The van der Waals surface area contributed by atoms with E-state index in [1.54, 1.807) is 12.3 Å². The molecule has 0 aliphatic rings. The van der Waals surface area contributed by atoms with E-state index in [0.717, 1.165) is 5.01 Å². The number of hydrogen-bond donors (Lipinski definition) is 2. The molecule has 0 radical (unpaired) electrons. The van der Waals surface area contributed by atoms with Crippen LogP contribution in [-0.4, -0.2) is 53.7 Å². The molecule has 0 aliphatic carbocycles. The van der Waals surface area contributed by atoms with Crippen molar-refractivity contribution in [2.45, 2.75) is 19.4 Å². The number of hydrogen-bond acceptors (Lipinski definition) is 5. The number of aliphatic hydroxyl groups is 1. The SMILES string of the molecule is Cc1nc(C(=O)NCC(C)(O)CN(C)C)cs1. The summed E-state index contributed by atoms with van der Waals surface area (Å²) in [4.78, 5) is 17.7. The van der Waals surface area contributed by atoms with E-state index in [2.05, 4.69) is 10.3 Å². The Bertz CT molecular complexity index is 388. The van der Waals surface area contributed by atoms with Crippen LogP contribution in [0.3, 0.4) is 0 Å². The normalized spacial score (nSPS) is 14.7. The molecule has 1 atom stereocenters. The van der Waals surface area contributed by atoms with Gasteiger partial charge in [0.2, 0.25) is 0 Å². The molecule has 0 aliphatic heterocycles. The highest BCUT2D eigenvalue weighted by atomic mass is 32.1. The third kappa shape index (κ3) is 4.80. The minimum Gasteiger partial charge on any atom is -0.387 e. The van der Waals surface area contributed by atoms with E-state index < -0.39 is 5.60 Å². The van der Waals surface area contributed by atoms with Gasteiger partial charge in [-0.25, -0.2) is 4.98 Å². The second kappa shape index (κ2) is 5.57. The van der Waals surface area contributed by atoms with Gasteiger partial charge in [0.1, 0.15) is 5.69 Å². The first-order chi connectivity index (χ1) is 7.80. The van der Waals surface area contributed by atoms with Crippen LogP contribution in [-0.2, 0) is 0 Å². The maximum absolute atomic E-state index is 11.7. The Labute approximate surface area is 105 Å². The molecule has 6 heteroatoms. The Balaban J connectivity index is 2.48. The fourth-order valence-electron chi connectivity index (χ4n) is 1.57. The summed E-state index contributed by atoms with van der Waals surface area (Å²) < 4.78 is 0. The molecule has 1 aromatic rings. The lowest BCUT2D eigenvalue weighted by molar-refractivity contribution is 0.0325. The standard InChI is InChI=1S/C11H19N3O2S/c1-8-13-9(5-17-8)10(15)12-6-11(2,16)7-14(3)4/h5,16H,6-7H2,1-4H3,(H,12,15). The molecule has 1 unspecified atom stereocenters. The third-order valence-corrected chi connectivity index (χ3v) is 2.91. The molecule has 0 saturated heterocycles. The minimum atomic E-state index is -0.940. The van der Waals surface area contributed by atoms with Crippen LogP contribution in [0, 0.1) is 6.92 Å². The Morgan fingerprint density at radius 3 is 2.76 bits per heavy atom. The van der Waals surface area contributed by atoms with Crippen molar-refractivity contribution in [2.24, 2.45) is 0 Å². The molecule has 96 valence electrons. The Kier molecular flexibility index (Phi) is 4.62. The van der Waals surface area contributed by atoms with Crippen LogP contribution in [0.25, 0.3) is 0 Å². The van der Waals surface area contributed by atoms with E-state index in [9.17, 15) is 9.90 Å². The van der Waals surface area contributed by atoms with Gasteiger partial charge < -0.3 is 15.3 Å². The van der Waals surface area contributed by atoms with Crippen molar-refractivity contribution in [3.63, 3.8) is 0 Å². The molecule has 1 rings (SSSR count). The quantitative estimate of drug-likeness (QED) is 0.806. The molecule has 0 saturated carbocycles. The smallest absolute Gasteiger partial charge is 0.270 e. The molecular weight excluding hydrogens is 238 g/mol. The van der Waals surface area contributed by atoms with Gasteiger partial charge in [-0.1, -0.05) is 0 Å². The summed E-state index contributed by atoms with van der Waals surface area (Å²) in [6.45, 7) is 4.24. The lowest BCUT2D eigenvalue weighted by Crippen LogP contribution is -2.47. The van der Waals surface area contributed by atoms with Crippen molar-refractivity contribution in [3.05, 3.63) is 16.1 Å². The van der Waals surface area contributed by atoms with Crippen molar-refractivity contribution < 1.29 is 9.90 Å². The molecular formula is C11H19N3O2S. The number of amides is 1. The van der Waals surface area contributed by atoms with Gasteiger partial charge >= 0.3 is 0 Å². The second-order valence-corrected chi connectivity index (χ2v) is 5.73. The number of carbonyl (C=O) groups is 1. The van der Waals surface area contributed by atoms with Crippen LogP contribution in [0.5, 0.6) is 0 Å². The lowest BCUT2D eigenvalue weighted by Gasteiger charge is -2.26. The molecule has 1 aromatic heterocycles. The number of thiazole rings is 1. The Morgan fingerprint density at radius 2 is 2.29 bits per heavy atom. The average molecular weight is 257 g/mol. The Hall–Kier alpha value is -0.980. The van der Waals surface area contributed by atoms with Crippen molar-refractivity contribution in [3.8, 4) is 0 Å². The molecule has 0 aromatic carbocycles. The third-order valence-electron chi connectivity index (χ3n) is 2.14. The monoisotopic (exact) mass is 257 g/mol. The molecule has 0 spiro atoms. The molecule has 0 fully saturated rings. The summed E-state index contributed by atoms with van der Waals surface area (Å²) in [5, 5.41) is 15.3. The molecule has 1 heterocycles. The van der Waals surface area contributed by atoms with E-state index in [-0.39, 0.29) is 12.5 Å². The molecule has 0 bridgehead atoms. The van der Waals surface area contributed by atoms with Crippen LogP contribution in [0.1, 0.15) is 22.4 Å². The first kappa shape index (κ1) is 14.1. The molecule has 5 nitrogen and oxygen atoms in total. The minimum absolute atomic E-state index is 0.209. The van der Waals surface area contributed by atoms with E-state index in [4.69, 9.17) is 0 Å². The predicted molar refractivity (Wildman–Crippen MR) is 68.4 cm³/mol. The molecule has 2 N–H and O–H groups in total. The van der Waals surface area contributed by atoms with Gasteiger partial charge in [0.05, 0.1) is 10.6 Å². The van der Waals surface area contributed by atoms with Crippen LogP contribution in [0.15, 0.2) is 5.38 Å². The summed E-state index contributed by atoms with van der Waals surface area (Å²) in [6, 6.07) is 0. The fourth-order valence-corrected chi connectivity index (χ4v) is 2.16. The zero-order chi connectivity index (χ0) is 13.1. The highest BCUT2D eigenvalue weighted by Crippen LogP contribution is 2.08. The van der Waals surface area contributed by atoms with Gasteiger partial charge in [-0.15, -0.1) is 11.3 Å². The summed E-state index contributed by atoms with van der Waals surface area (Å²) in [5.41, 5.74) is -0.530. The molecule has 1 amide bonds.